The highest BCUT2D eigenvalue weighted by Gasteiger charge is 2.13. The van der Waals surface area contributed by atoms with Gasteiger partial charge in [0.25, 0.3) is 0 Å². The third-order valence-corrected chi connectivity index (χ3v) is 3.53. The van der Waals surface area contributed by atoms with Crippen molar-refractivity contribution < 1.29 is 9.50 Å². The SMILES string of the molecule is Cc1cc(F)ccc1CC(O)c1cnc2ccccc2n1. The molecule has 1 heterocycles. The van der Waals surface area contributed by atoms with Gasteiger partial charge in [0.2, 0.25) is 0 Å². The van der Waals surface area contributed by atoms with Crippen LogP contribution in [0.4, 0.5) is 4.39 Å². The summed E-state index contributed by atoms with van der Waals surface area (Å²) in [4.78, 5) is 8.73. The number of aliphatic hydroxyl groups is 1. The number of aliphatic hydroxyl groups excluding tert-OH is 1. The Labute approximate surface area is 122 Å². The molecule has 1 aromatic heterocycles. The summed E-state index contributed by atoms with van der Waals surface area (Å²) in [5, 5.41) is 10.3. The van der Waals surface area contributed by atoms with Crippen LogP contribution in [-0.2, 0) is 6.42 Å². The van der Waals surface area contributed by atoms with E-state index in [1.165, 1.54) is 12.1 Å². The van der Waals surface area contributed by atoms with Crippen LogP contribution < -0.4 is 0 Å². The second-order valence-corrected chi connectivity index (χ2v) is 5.07. The Morgan fingerprint density at radius 3 is 2.67 bits per heavy atom. The lowest BCUT2D eigenvalue weighted by Gasteiger charge is -2.12. The van der Waals surface area contributed by atoms with Crippen molar-refractivity contribution >= 4 is 11.0 Å². The van der Waals surface area contributed by atoms with Gasteiger partial charge in [-0.1, -0.05) is 18.2 Å². The monoisotopic (exact) mass is 282 g/mol. The normalized spacial score (nSPS) is 12.5. The molecule has 0 saturated carbocycles. The second-order valence-electron chi connectivity index (χ2n) is 5.07. The molecular formula is C17H15FN2O. The summed E-state index contributed by atoms with van der Waals surface area (Å²) in [6.45, 7) is 1.83. The Balaban J connectivity index is 1.87. The molecule has 0 bridgehead atoms. The van der Waals surface area contributed by atoms with E-state index >= 15 is 0 Å². The number of benzene rings is 2. The summed E-state index contributed by atoms with van der Waals surface area (Å²) in [5.74, 6) is -0.267. The van der Waals surface area contributed by atoms with Gasteiger partial charge in [-0.2, -0.15) is 0 Å². The van der Waals surface area contributed by atoms with Crippen LogP contribution in [-0.4, -0.2) is 15.1 Å². The minimum absolute atomic E-state index is 0.267. The van der Waals surface area contributed by atoms with Crippen LogP contribution in [0, 0.1) is 12.7 Å². The van der Waals surface area contributed by atoms with E-state index < -0.39 is 6.10 Å². The molecule has 106 valence electrons. The van der Waals surface area contributed by atoms with E-state index in [9.17, 15) is 9.50 Å². The van der Waals surface area contributed by atoms with Crippen LogP contribution in [0.25, 0.3) is 11.0 Å². The first kappa shape index (κ1) is 13.6. The highest BCUT2D eigenvalue weighted by atomic mass is 19.1. The van der Waals surface area contributed by atoms with Crippen LogP contribution in [0.1, 0.15) is 22.9 Å². The molecule has 1 atom stereocenters. The quantitative estimate of drug-likeness (QED) is 0.801. The van der Waals surface area contributed by atoms with Gasteiger partial charge < -0.3 is 5.11 Å². The summed E-state index contributed by atoms with van der Waals surface area (Å²) in [6, 6.07) is 12.1. The highest BCUT2D eigenvalue weighted by Crippen LogP contribution is 2.20. The van der Waals surface area contributed by atoms with Crippen molar-refractivity contribution in [1.29, 1.82) is 0 Å². The van der Waals surface area contributed by atoms with Crippen LogP contribution in [0.2, 0.25) is 0 Å². The van der Waals surface area contributed by atoms with Gasteiger partial charge in [-0.3, -0.25) is 4.98 Å². The first-order valence-corrected chi connectivity index (χ1v) is 6.78. The molecule has 3 nitrogen and oxygen atoms in total. The third-order valence-electron chi connectivity index (χ3n) is 3.53. The fraction of sp³-hybridized carbons (Fsp3) is 0.176. The number of halogens is 1. The Morgan fingerprint density at radius 2 is 1.90 bits per heavy atom. The lowest BCUT2D eigenvalue weighted by Crippen LogP contribution is -2.06. The molecule has 1 N–H and O–H groups in total. The van der Waals surface area contributed by atoms with Crippen molar-refractivity contribution in [2.75, 3.05) is 0 Å². The van der Waals surface area contributed by atoms with Gasteiger partial charge in [0.05, 0.1) is 22.9 Å². The minimum atomic E-state index is -0.758. The number of nitrogens with zero attached hydrogens (tertiary/aromatic N) is 2. The molecule has 0 aliphatic carbocycles. The lowest BCUT2D eigenvalue weighted by atomic mass is 10.0. The third kappa shape index (κ3) is 2.90. The van der Waals surface area contributed by atoms with E-state index in [2.05, 4.69) is 9.97 Å². The largest absolute Gasteiger partial charge is 0.386 e. The lowest BCUT2D eigenvalue weighted by molar-refractivity contribution is 0.173. The summed E-state index contributed by atoms with van der Waals surface area (Å²) < 4.78 is 13.1. The van der Waals surface area contributed by atoms with Crippen molar-refractivity contribution in [3.05, 3.63) is 71.3 Å². The zero-order valence-electron chi connectivity index (χ0n) is 11.6. The number of rotatable bonds is 3. The molecule has 21 heavy (non-hydrogen) atoms. The maximum Gasteiger partial charge on any atom is 0.123 e. The summed E-state index contributed by atoms with van der Waals surface area (Å²) in [5.41, 5.74) is 3.80. The molecule has 0 amide bonds. The molecular weight excluding hydrogens is 267 g/mol. The van der Waals surface area contributed by atoms with Crippen molar-refractivity contribution in [1.82, 2.24) is 9.97 Å². The van der Waals surface area contributed by atoms with E-state index in [1.807, 2.05) is 31.2 Å². The number of aryl methyl sites for hydroxylation is 1. The van der Waals surface area contributed by atoms with Crippen molar-refractivity contribution in [3.63, 3.8) is 0 Å². The Bertz CT molecular complexity index is 789. The maximum atomic E-state index is 13.1. The molecule has 0 aliphatic heterocycles. The number of hydrogen-bond donors (Lipinski definition) is 1. The average Bonchev–Trinajstić information content (AvgIpc) is 2.49. The predicted molar refractivity (Wildman–Crippen MR) is 79.3 cm³/mol. The molecule has 3 rings (SSSR count). The van der Waals surface area contributed by atoms with Crippen LogP contribution >= 0.6 is 0 Å². The van der Waals surface area contributed by atoms with Crippen LogP contribution in [0.15, 0.2) is 48.7 Å². The van der Waals surface area contributed by atoms with E-state index in [4.69, 9.17) is 0 Å². The van der Waals surface area contributed by atoms with Gasteiger partial charge in [-0.05, 0) is 42.3 Å². The Morgan fingerprint density at radius 1 is 1.14 bits per heavy atom. The van der Waals surface area contributed by atoms with Gasteiger partial charge in [0.15, 0.2) is 0 Å². The van der Waals surface area contributed by atoms with Gasteiger partial charge >= 0.3 is 0 Å². The summed E-state index contributed by atoms with van der Waals surface area (Å²) >= 11 is 0. The summed E-state index contributed by atoms with van der Waals surface area (Å²) in [7, 11) is 0. The van der Waals surface area contributed by atoms with Crippen molar-refractivity contribution in [2.45, 2.75) is 19.4 Å². The fourth-order valence-electron chi connectivity index (χ4n) is 2.33. The topological polar surface area (TPSA) is 46.0 Å². The van der Waals surface area contributed by atoms with Crippen LogP contribution in [0.3, 0.4) is 0 Å². The number of fused-ring (bicyclic) bond motifs is 1. The predicted octanol–water partition coefficient (Wildman–Crippen LogP) is 3.35. The molecule has 0 aliphatic rings. The Kier molecular flexibility index (Phi) is 3.62. The fourth-order valence-corrected chi connectivity index (χ4v) is 2.33. The van der Waals surface area contributed by atoms with Crippen molar-refractivity contribution in [3.8, 4) is 0 Å². The molecule has 1 unspecified atom stereocenters. The number of aromatic nitrogens is 2. The molecule has 0 fully saturated rings. The van der Waals surface area contributed by atoms with E-state index in [0.29, 0.717) is 12.1 Å². The maximum absolute atomic E-state index is 13.1. The summed E-state index contributed by atoms with van der Waals surface area (Å²) in [6.07, 6.45) is 1.22. The minimum Gasteiger partial charge on any atom is -0.386 e. The molecule has 0 radical (unpaired) electrons. The zero-order valence-corrected chi connectivity index (χ0v) is 11.6. The molecule has 4 heteroatoms. The van der Waals surface area contributed by atoms with Gasteiger partial charge in [-0.25, -0.2) is 9.37 Å². The number of hydrogen-bond acceptors (Lipinski definition) is 3. The molecule has 2 aromatic carbocycles. The van der Waals surface area contributed by atoms with Gasteiger partial charge in [0, 0.05) is 6.42 Å². The first-order valence-electron chi connectivity index (χ1n) is 6.78. The van der Waals surface area contributed by atoms with Gasteiger partial charge in [0.1, 0.15) is 11.9 Å². The smallest absolute Gasteiger partial charge is 0.123 e. The zero-order chi connectivity index (χ0) is 14.8. The highest BCUT2D eigenvalue weighted by molar-refractivity contribution is 5.73. The molecule has 0 spiro atoms. The van der Waals surface area contributed by atoms with Gasteiger partial charge in [-0.15, -0.1) is 0 Å². The van der Waals surface area contributed by atoms with E-state index in [0.717, 1.165) is 22.2 Å². The second kappa shape index (κ2) is 5.58. The number of para-hydroxylation sites is 2. The van der Waals surface area contributed by atoms with E-state index in [1.54, 1.807) is 12.3 Å². The first-order chi connectivity index (χ1) is 10.1. The molecule has 3 aromatic rings. The molecule has 0 saturated heterocycles. The van der Waals surface area contributed by atoms with Crippen LogP contribution in [0.5, 0.6) is 0 Å². The van der Waals surface area contributed by atoms with E-state index in [-0.39, 0.29) is 5.82 Å². The van der Waals surface area contributed by atoms with Crippen molar-refractivity contribution in [2.24, 2.45) is 0 Å². The average molecular weight is 282 g/mol. The standard InChI is InChI=1S/C17H15FN2O/c1-11-8-13(18)7-6-12(11)9-17(21)16-10-19-14-4-2-3-5-15(14)20-16/h2-8,10,17,21H,9H2,1H3. The Hall–Kier alpha value is -2.33.